The zero-order valence-corrected chi connectivity index (χ0v) is 19.8. The normalized spacial score (nSPS) is 26.6. The van der Waals surface area contributed by atoms with Crippen LogP contribution in [0.4, 0.5) is 15.9 Å². The molecular weight excluding hydrogens is 439 g/mol. The number of carbonyl (C=O) groups is 1. The number of aromatic nitrogens is 2. The molecule has 0 atom stereocenters. The van der Waals surface area contributed by atoms with Crippen LogP contribution < -0.4 is 11.1 Å². The standard InChI is InChI=1S/C29H31FN4O/c30-23-5-1-18(2-6-23)12-27(35)34-28-25(33-26(17-32-28)22-3-7-24(31)8-4-22)16-29-13-19-9-20(14-29)11-21(10-19)15-29/h1-8,17,19-21H,9-16,31H2,(H,32,34,35). The van der Waals surface area contributed by atoms with Crippen LogP contribution in [0.2, 0.25) is 0 Å². The Morgan fingerprint density at radius 1 is 0.971 bits per heavy atom. The summed E-state index contributed by atoms with van der Waals surface area (Å²) in [6.45, 7) is 0. The van der Waals surface area contributed by atoms with Crippen LogP contribution in [-0.4, -0.2) is 15.9 Å². The summed E-state index contributed by atoms with van der Waals surface area (Å²) < 4.78 is 13.3. The van der Waals surface area contributed by atoms with Gasteiger partial charge in [0.25, 0.3) is 0 Å². The van der Waals surface area contributed by atoms with Crippen molar-refractivity contribution in [2.45, 2.75) is 51.4 Å². The van der Waals surface area contributed by atoms with E-state index in [2.05, 4.69) is 10.3 Å². The molecule has 4 aliphatic carbocycles. The summed E-state index contributed by atoms with van der Waals surface area (Å²) in [6.07, 6.45) is 10.7. The van der Waals surface area contributed by atoms with Crippen molar-refractivity contribution in [2.75, 3.05) is 11.1 Å². The van der Waals surface area contributed by atoms with Crippen LogP contribution in [0.3, 0.4) is 0 Å². The lowest BCUT2D eigenvalue weighted by Gasteiger charge is -2.57. The molecule has 6 heteroatoms. The molecule has 0 unspecified atom stereocenters. The quantitative estimate of drug-likeness (QED) is 0.446. The van der Waals surface area contributed by atoms with Crippen LogP contribution in [-0.2, 0) is 17.6 Å². The molecule has 4 saturated carbocycles. The van der Waals surface area contributed by atoms with Crippen molar-refractivity contribution < 1.29 is 9.18 Å². The fourth-order valence-electron chi connectivity index (χ4n) is 7.27. The van der Waals surface area contributed by atoms with Gasteiger partial charge in [-0.15, -0.1) is 0 Å². The Bertz CT molecular complexity index is 1200. The molecular formula is C29H31FN4O. The lowest BCUT2D eigenvalue weighted by molar-refractivity contribution is -0.115. The third-order valence-electron chi connectivity index (χ3n) is 8.29. The summed E-state index contributed by atoms with van der Waals surface area (Å²) in [4.78, 5) is 22.6. The number of amides is 1. The van der Waals surface area contributed by atoms with Crippen LogP contribution in [0.5, 0.6) is 0 Å². The Hall–Kier alpha value is -3.28. The predicted molar refractivity (Wildman–Crippen MR) is 135 cm³/mol. The minimum Gasteiger partial charge on any atom is -0.399 e. The molecule has 3 aromatic rings. The lowest BCUT2D eigenvalue weighted by Crippen LogP contribution is -2.47. The molecule has 7 rings (SSSR count). The lowest BCUT2D eigenvalue weighted by atomic mass is 9.48. The van der Waals surface area contributed by atoms with Gasteiger partial charge >= 0.3 is 0 Å². The van der Waals surface area contributed by atoms with Crippen LogP contribution >= 0.6 is 0 Å². The zero-order valence-electron chi connectivity index (χ0n) is 19.8. The summed E-state index contributed by atoms with van der Waals surface area (Å²) in [5.74, 6) is 2.59. The van der Waals surface area contributed by atoms with E-state index in [1.807, 2.05) is 24.3 Å². The highest BCUT2D eigenvalue weighted by molar-refractivity contribution is 5.92. The maximum atomic E-state index is 13.3. The van der Waals surface area contributed by atoms with E-state index in [9.17, 15) is 9.18 Å². The van der Waals surface area contributed by atoms with E-state index >= 15 is 0 Å². The van der Waals surface area contributed by atoms with Gasteiger partial charge in [-0.2, -0.15) is 0 Å². The van der Waals surface area contributed by atoms with Crippen molar-refractivity contribution in [1.29, 1.82) is 0 Å². The molecule has 1 amide bonds. The van der Waals surface area contributed by atoms with Crippen molar-refractivity contribution >= 4 is 17.4 Å². The van der Waals surface area contributed by atoms with E-state index < -0.39 is 0 Å². The Kier molecular flexibility index (Phi) is 5.54. The van der Waals surface area contributed by atoms with Gasteiger partial charge in [-0.25, -0.2) is 14.4 Å². The van der Waals surface area contributed by atoms with Gasteiger partial charge in [-0.05, 0) is 97.9 Å². The largest absolute Gasteiger partial charge is 0.399 e. The Balaban J connectivity index is 1.29. The second-order valence-electron chi connectivity index (χ2n) is 11.1. The summed E-state index contributed by atoms with van der Waals surface area (Å²) in [6, 6.07) is 13.7. The molecule has 1 aromatic heterocycles. The van der Waals surface area contributed by atoms with E-state index in [1.165, 1.54) is 50.7 Å². The average molecular weight is 471 g/mol. The second-order valence-corrected chi connectivity index (χ2v) is 11.1. The van der Waals surface area contributed by atoms with Gasteiger partial charge in [-0.1, -0.05) is 24.3 Å². The maximum Gasteiger partial charge on any atom is 0.229 e. The topological polar surface area (TPSA) is 80.9 Å². The van der Waals surface area contributed by atoms with Gasteiger partial charge in [-0.3, -0.25) is 4.79 Å². The van der Waals surface area contributed by atoms with Gasteiger partial charge in [0.05, 0.1) is 24.0 Å². The minimum absolute atomic E-state index is 0.165. The molecule has 1 heterocycles. The Labute approximate surface area is 205 Å². The molecule has 180 valence electrons. The summed E-state index contributed by atoms with van der Waals surface area (Å²) >= 11 is 0. The van der Waals surface area contributed by atoms with Crippen LogP contribution in [0.15, 0.2) is 54.7 Å². The van der Waals surface area contributed by atoms with Crippen molar-refractivity contribution in [2.24, 2.45) is 23.2 Å². The number of rotatable bonds is 6. The van der Waals surface area contributed by atoms with Crippen molar-refractivity contribution in [3.8, 4) is 11.3 Å². The predicted octanol–water partition coefficient (Wildman–Crippen LogP) is 5.81. The van der Waals surface area contributed by atoms with Crippen molar-refractivity contribution in [3.63, 3.8) is 0 Å². The molecule has 4 fully saturated rings. The van der Waals surface area contributed by atoms with Gasteiger partial charge < -0.3 is 11.1 Å². The number of hydrogen-bond acceptors (Lipinski definition) is 4. The molecule has 0 spiro atoms. The van der Waals surface area contributed by atoms with Crippen molar-refractivity contribution in [3.05, 3.63) is 71.8 Å². The molecule has 4 aliphatic rings. The molecule has 5 nitrogen and oxygen atoms in total. The SMILES string of the molecule is Nc1ccc(-c2cnc(NC(=O)Cc3ccc(F)cc3)c(CC34CC5CC(CC(C5)C3)C4)n2)cc1. The molecule has 0 aliphatic heterocycles. The molecule has 35 heavy (non-hydrogen) atoms. The molecule has 3 N–H and O–H groups in total. The van der Waals surface area contributed by atoms with Gasteiger partial charge in [0.1, 0.15) is 5.82 Å². The van der Waals surface area contributed by atoms with Crippen LogP contribution in [0, 0.1) is 29.0 Å². The number of nitrogens with one attached hydrogen (secondary N) is 1. The number of hydrogen-bond donors (Lipinski definition) is 2. The first-order valence-electron chi connectivity index (χ1n) is 12.7. The van der Waals surface area contributed by atoms with E-state index in [0.29, 0.717) is 11.5 Å². The molecule has 2 aromatic carbocycles. The first-order chi connectivity index (χ1) is 16.9. The maximum absolute atomic E-state index is 13.3. The first-order valence-corrected chi connectivity index (χ1v) is 12.7. The highest BCUT2D eigenvalue weighted by Gasteiger charge is 2.51. The van der Waals surface area contributed by atoms with Gasteiger partial charge in [0.15, 0.2) is 5.82 Å². The number of halogens is 1. The van der Waals surface area contributed by atoms with Gasteiger partial charge in [0, 0.05) is 11.3 Å². The third kappa shape index (κ3) is 4.66. The number of nitrogen functional groups attached to an aromatic ring is 1. The van der Waals surface area contributed by atoms with Crippen LogP contribution in [0.1, 0.15) is 49.8 Å². The number of nitrogens with two attached hydrogens (primary N) is 1. The molecule has 4 bridgehead atoms. The Morgan fingerprint density at radius 2 is 1.60 bits per heavy atom. The fraction of sp³-hybridized carbons (Fsp3) is 0.414. The number of anilines is 2. The third-order valence-corrected chi connectivity index (χ3v) is 8.29. The van der Waals surface area contributed by atoms with E-state index in [4.69, 9.17) is 10.7 Å². The van der Waals surface area contributed by atoms with Crippen molar-refractivity contribution in [1.82, 2.24) is 9.97 Å². The minimum atomic E-state index is -0.309. The Morgan fingerprint density at radius 3 is 2.23 bits per heavy atom. The fourth-order valence-corrected chi connectivity index (χ4v) is 7.27. The average Bonchev–Trinajstić information content (AvgIpc) is 2.81. The van der Waals surface area contributed by atoms with E-state index in [-0.39, 0.29) is 23.6 Å². The van der Waals surface area contributed by atoms with Crippen LogP contribution in [0.25, 0.3) is 11.3 Å². The summed E-state index contributed by atoms with van der Waals surface area (Å²) in [7, 11) is 0. The number of nitrogens with zero attached hydrogens (tertiary/aromatic N) is 2. The van der Waals surface area contributed by atoms with Gasteiger partial charge in [0.2, 0.25) is 5.91 Å². The highest BCUT2D eigenvalue weighted by atomic mass is 19.1. The first kappa shape index (κ1) is 22.2. The summed E-state index contributed by atoms with van der Waals surface area (Å²) in [5.41, 5.74) is 10.2. The smallest absolute Gasteiger partial charge is 0.229 e. The summed E-state index contributed by atoms with van der Waals surface area (Å²) in [5, 5.41) is 3.02. The monoisotopic (exact) mass is 470 g/mol. The molecule has 0 radical (unpaired) electrons. The molecule has 0 saturated heterocycles. The second kappa shape index (κ2) is 8.74. The van der Waals surface area contributed by atoms with E-state index in [0.717, 1.165) is 46.7 Å². The zero-order chi connectivity index (χ0) is 24.0. The number of carbonyl (C=O) groups excluding carboxylic acids is 1. The highest BCUT2D eigenvalue weighted by Crippen LogP contribution is 2.61. The number of benzene rings is 2. The van der Waals surface area contributed by atoms with E-state index in [1.54, 1.807) is 18.3 Å².